The van der Waals surface area contributed by atoms with Crippen LogP contribution in [-0.4, -0.2) is 47.7 Å². The van der Waals surface area contributed by atoms with Gasteiger partial charge in [0.25, 0.3) is 5.56 Å². The molecule has 3 rings (SSSR count). The molecule has 2 heterocycles. The molecule has 152 valence electrons. The number of anilines is 1. The van der Waals surface area contributed by atoms with Gasteiger partial charge in [0.05, 0.1) is 6.26 Å². The molecule has 1 saturated carbocycles. The fourth-order valence-corrected chi connectivity index (χ4v) is 5.23. The number of sulfonamides is 1. The highest BCUT2D eigenvalue weighted by atomic mass is 32.2. The minimum Gasteiger partial charge on any atom is -0.369 e. The maximum Gasteiger partial charge on any atom is 0.330 e. The fourth-order valence-electron chi connectivity index (χ4n) is 4.36. The zero-order valence-electron chi connectivity index (χ0n) is 16.1. The van der Waals surface area contributed by atoms with Crippen molar-refractivity contribution in [2.24, 2.45) is 5.92 Å². The molecular weight excluding hydrogens is 368 g/mol. The van der Waals surface area contributed by atoms with E-state index in [2.05, 4.69) is 17.2 Å². The summed E-state index contributed by atoms with van der Waals surface area (Å²) in [5.74, 6) is 1.03. The zero-order valence-corrected chi connectivity index (χ0v) is 16.9. The maximum atomic E-state index is 12.6. The number of hydrogen-bond acceptors (Lipinski definition) is 5. The molecule has 0 spiro atoms. The summed E-state index contributed by atoms with van der Waals surface area (Å²) in [5, 5.41) is 3.29. The molecule has 2 N–H and O–H groups in total. The fraction of sp³-hybridized carbons (Fsp3) is 0.778. The quantitative estimate of drug-likeness (QED) is 0.782. The van der Waals surface area contributed by atoms with E-state index in [0.29, 0.717) is 37.7 Å². The molecule has 9 heteroatoms. The van der Waals surface area contributed by atoms with E-state index in [1.165, 1.54) is 53.3 Å². The van der Waals surface area contributed by atoms with Gasteiger partial charge in [0.1, 0.15) is 5.82 Å². The highest BCUT2D eigenvalue weighted by Crippen LogP contribution is 2.27. The number of nitrogens with zero attached hydrogens (tertiary/aromatic N) is 2. The van der Waals surface area contributed by atoms with Crippen LogP contribution in [0.5, 0.6) is 0 Å². The minimum atomic E-state index is -3.23. The summed E-state index contributed by atoms with van der Waals surface area (Å²) in [4.78, 5) is 27.9. The molecule has 1 aromatic rings. The largest absolute Gasteiger partial charge is 0.369 e. The lowest BCUT2D eigenvalue weighted by Gasteiger charge is -2.31. The normalized spacial score (nSPS) is 21.9. The lowest BCUT2D eigenvalue weighted by molar-refractivity contribution is 0.266. The first-order valence-electron chi connectivity index (χ1n) is 9.83. The standard InChI is InChI=1S/C18H30N4O4S/c1-13(14-6-4-3-5-7-14)19-16-12-17(23)22(18(24)20-16)15-8-10-21(11-9-15)27(2,25)26/h12-15,19H,3-11H2,1-2H3,(H,20,24). The van der Waals surface area contributed by atoms with Gasteiger partial charge >= 0.3 is 5.69 Å². The van der Waals surface area contributed by atoms with Gasteiger partial charge in [-0.3, -0.25) is 14.3 Å². The molecule has 27 heavy (non-hydrogen) atoms. The van der Waals surface area contributed by atoms with E-state index in [0.717, 1.165) is 0 Å². The van der Waals surface area contributed by atoms with E-state index in [9.17, 15) is 18.0 Å². The van der Waals surface area contributed by atoms with Gasteiger partial charge in [-0.25, -0.2) is 17.5 Å². The lowest BCUT2D eigenvalue weighted by Crippen LogP contribution is -2.45. The van der Waals surface area contributed by atoms with E-state index >= 15 is 0 Å². The Bertz CT molecular complexity index is 831. The molecule has 1 saturated heterocycles. The Labute approximate surface area is 160 Å². The third kappa shape index (κ3) is 4.82. The first-order valence-corrected chi connectivity index (χ1v) is 11.7. The SMILES string of the molecule is CC(Nc1cc(=O)n(C2CCN(S(C)(=O)=O)CC2)c(=O)[nH]1)C1CCCCC1. The molecular formula is C18H30N4O4S. The molecule has 0 aromatic carbocycles. The van der Waals surface area contributed by atoms with Crippen molar-refractivity contribution < 1.29 is 8.42 Å². The molecule has 0 radical (unpaired) electrons. The van der Waals surface area contributed by atoms with Crippen molar-refractivity contribution in [3.8, 4) is 0 Å². The second-order valence-electron chi connectivity index (χ2n) is 7.92. The minimum absolute atomic E-state index is 0.203. The molecule has 1 aliphatic heterocycles. The van der Waals surface area contributed by atoms with Gasteiger partial charge in [0.15, 0.2) is 0 Å². The highest BCUT2D eigenvalue weighted by Gasteiger charge is 2.27. The van der Waals surface area contributed by atoms with Crippen LogP contribution in [0.25, 0.3) is 0 Å². The van der Waals surface area contributed by atoms with Crippen LogP contribution in [0.4, 0.5) is 5.82 Å². The van der Waals surface area contributed by atoms with Gasteiger partial charge in [-0.15, -0.1) is 0 Å². The van der Waals surface area contributed by atoms with Crippen molar-refractivity contribution in [1.82, 2.24) is 13.9 Å². The monoisotopic (exact) mass is 398 g/mol. The Morgan fingerprint density at radius 3 is 2.30 bits per heavy atom. The Morgan fingerprint density at radius 2 is 1.74 bits per heavy atom. The molecule has 2 aliphatic rings. The van der Waals surface area contributed by atoms with Gasteiger partial charge in [0.2, 0.25) is 10.0 Å². The summed E-state index contributed by atoms with van der Waals surface area (Å²) >= 11 is 0. The third-order valence-corrected chi connectivity index (χ3v) is 7.27. The molecule has 8 nitrogen and oxygen atoms in total. The number of piperidine rings is 1. The van der Waals surface area contributed by atoms with Crippen molar-refractivity contribution in [2.75, 3.05) is 24.7 Å². The first-order chi connectivity index (χ1) is 12.8. The average Bonchev–Trinajstić information content (AvgIpc) is 2.61. The van der Waals surface area contributed by atoms with Crippen LogP contribution in [0.1, 0.15) is 57.9 Å². The Kier molecular flexibility index (Phi) is 6.10. The maximum absolute atomic E-state index is 12.6. The van der Waals surface area contributed by atoms with Crippen LogP contribution in [0.2, 0.25) is 0 Å². The van der Waals surface area contributed by atoms with Gasteiger partial charge in [0, 0.05) is 31.2 Å². The number of H-pyrrole nitrogens is 1. The van der Waals surface area contributed by atoms with E-state index < -0.39 is 15.7 Å². The summed E-state index contributed by atoms with van der Waals surface area (Å²) in [6.07, 6.45) is 8.21. The molecule has 1 aromatic heterocycles. The number of hydrogen-bond donors (Lipinski definition) is 2. The molecule has 0 amide bonds. The Hall–Kier alpha value is -1.61. The highest BCUT2D eigenvalue weighted by molar-refractivity contribution is 7.88. The summed E-state index contributed by atoms with van der Waals surface area (Å²) in [7, 11) is -3.23. The van der Waals surface area contributed by atoms with Gasteiger partial charge in [-0.1, -0.05) is 19.3 Å². The number of aromatic amines is 1. The van der Waals surface area contributed by atoms with Crippen molar-refractivity contribution in [3.05, 3.63) is 26.9 Å². The van der Waals surface area contributed by atoms with E-state index in [1.54, 1.807) is 0 Å². The van der Waals surface area contributed by atoms with Crippen LogP contribution >= 0.6 is 0 Å². The summed E-state index contributed by atoms with van der Waals surface area (Å²) in [6, 6.07) is 1.38. The second kappa shape index (κ2) is 8.18. The number of aromatic nitrogens is 2. The summed E-state index contributed by atoms with van der Waals surface area (Å²) in [5.41, 5.74) is -0.770. The predicted molar refractivity (Wildman–Crippen MR) is 106 cm³/mol. The Morgan fingerprint density at radius 1 is 1.11 bits per heavy atom. The smallest absolute Gasteiger partial charge is 0.330 e. The van der Waals surface area contributed by atoms with Crippen molar-refractivity contribution in [2.45, 2.75) is 64.0 Å². The van der Waals surface area contributed by atoms with Gasteiger partial charge in [-0.2, -0.15) is 0 Å². The third-order valence-electron chi connectivity index (χ3n) is 5.96. The van der Waals surface area contributed by atoms with Gasteiger partial charge < -0.3 is 5.32 Å². The summed E-state index contributed by atoms with van der Waals surface area (Å²) in [6.45, 7) is 2.75. The number of rotatable bonds is 5. The van der Waals surface area contributed by atoms with Crippen molar-refractivity contribution in [1.29, 1.82) is 0 Å². The average molecular weight is 399 g/mol. The number of nitrogens with one attached hydrogen (secondary N) is 2. The topological polar surface area (TPSA) is 104 Å². The van der Waals surface area contributed by atoms with E-state index in [4.69, 9.17) is 0 Å². The molecule has 1 unspecified atom stereocenters. The molecule has 0 bridgehead atoms. The summed E-state index contributed by atoms with van der Waals surface area (Å²) < 4.78 is 25.9. The lowest BCUT2D eigenvalue weighted by atomic mass is 9.84. The van der Waals surface area contributed by atoms with Crippen LogP contribution < -0.4 is 16.6 Å². The van der Waals surface area contributed by atoms with E-state index in [1.807, 2.05) is 0 Å². The van der Waals surface area contributed by atoms with Crippen molar-refractivity contribution in [3.63, 3.8) is 0 Å². The zero-order chi connectivity index (χ0) is 19.6. The first kappa shape index (κ1) is 20.1. The molecule has 2 fully saturated rings. The molecule has 1 aliphatic carbocycles. The molecule has 1 atom stereocenters. The van der Waals surface area contributed by atoms with Crippen LogP contribution in [-0.2, 0) is 10.0 Å². The van der Waals surface area contributed by atoms with Gasteiger partial charge in [-0.05, 0) is 38.5 Å². The van der Waals surface area contributed by atoms with Crippen LogP contribution in [0, 0.1) is 5.92 Å². The van der Waals surface area contributed by atoms with E-state index in [-0.39, 0.29) is 17.6 Å². The van der Waals surface area contributed by atoms with Crippen LogP contribution in [0.3, 0.4) is 0 Å². The van der Waals surface area contributed by atoms with Crippen molar-refractivity contribution >= 4 is 15.8 Å². The Balaban J connectivity index is 1.70. The second-order valence-corrected chi connectivity index (χ2v) is 9.90. The predicted octanol–water partition coefficient (Wildman–Crippen LogP) is 1.51. The van der Waals surface area contributed by atoms with Crippen LogP contribution in [0.15, 0.2) is 15.7 Å².